The maximum atomic E-state index is 12.8. The largest absolute Gasteiger partial charge is 0.478 e. The topological polar surface area (TPSA) is 74.9 Å². The summed E-state index contributed by atoms with van der Waals surface area (Å²) < 4.78 is 2.97. The number of hydrogen-bond acceptors (Lipinski definition) is 4. The van der Waals surface area contributed by atoms with Crippen LogP contribution < -0.4 is 0 Å². The quantitative estimate of drug-likeness (QED) is 0.486. The van der Waals surface area contributed by atoms with Gasteiger partial charge >= 0.3 is 5.97 Å². The lowest BCUT2D eigenvalue weighted by atomic mass is 10.1. The predicted molar refractivity (Wildman–Crippen MR) is 127 cm³/mol. The Bertz CT molecular complexity index is 1260. The van der Waals surface area contributed by atoms with Gasteiger partial charge in [0.05, 0.1) is 16.2 Å². The number of hydrogen-bond donors (Lipinski definition) is 1. The highest BCUT2D eigenvalue weighted by atomic mass is 79.9. The number of nitrogens with zero attached hydrogens (tertiary/aromatic N) is 3. The van der Waals surface area contributed by atoms with Gasteiger partial charge in [-0.15, -0.1) is 0 Å². The van der Waals surface area contributed by atoms with Gasteiger partial charge in [0.15, 0.2) is 5.17 Å². The zero-order valence-electron chi connectivity index (χ0n) is 16.7. The highest BCUT2D eigenvalue weighted by Gasteiger charge is 2.31. The Kier molecular flexibility index (Phi) is 5.84. The molecule has 0 radical (unpaired) electrons. The Balaban J connectivity index is 1.68. The van der Waals surface area contributed by atoms with Crippen LogP contribution in [-0.2, 0) is 4.79 Å². The lowest BCUT2D eigenvalue weighted by molar-refractivity contribution is -0.121. The molecule has 0 bridgehead atoms. The Morgan fingerprint density at radius 3 is 2.68 bits per heavy atom. The molecule has 31 heavy (non-hydrogen) atoms. The Labute approximate surface area is 192 Å². The molecule has 1 saturated heterocycles. The number of carbonyl (C=O) groups excluding carboxylic acids is 1. The van der Waals surface area contributed by atoms with Crippen LogP contribution in [0.1, 0.15) is 21.6 Å². The number of likely N-dealkylation sites (N-methyl/N-ethyl adjacent to an activating group) is 1. The summed E-state index contributed by atoms with van der Waals surface area (Å²) in [6.07, 6.45) is 3.78. The molecule has 0 unspecified atom stereocenters. The van der Waals surface area contributed by atoms with Crippen LogP contribution in [0, 0.1) is 6.92 Å². The number of carboxylic acids is 1. The number of benzene rings is 2. The SMILES string of the molecule is Cc1c(N=C2S/C(=C\c3cccn3-c3cccc(Br)c3)C(=O)N2C)cccc1C(=O)O. The van der Waals surface area contributed by atoms with Crippen LogP contribution in [0.15, 0.2) is 75.2 Å². The summed E-state index contributed by atoms with van der Waals surface area (Å²) in [5.74, 6) is -1.16. The van der Waals surface area contributed by atoms with Crippen molar-refractivity contribution in [1.82, 2.24) is 9.47 Å². The minimum absolute atomic E-state index is 0.155. The molecule has 1 fully saturated rings. The first kappa shape index (κ1) is 21.1. The maximum Gasteiger partial charge on any atom is 0.336 e. The van der Waals surface area contributed by atoms with Crippen molar-refractivity contribution in [3.05, 3.63) is 87.0 Å². The normalized spacial score (nSPS) is 16.5. The van der Waals surface area contributed by atoms with E-state index in [1.165, 1.54) is 16.7 Å². The molecule has 6 nitrogen and oxygen atoms in total. The van der Waals surface area contributed by atoms with Crippen molar-refractivity contribution in [3.63, 3.8) is 0 Å². The fourth-order valence-electron chi connectivity index (χ4n) is 3.24. The first-order chi connectivity index (χ1) is 14.8. The Morgan fingerprint density at radius 2 is 1.94 bits per heavy atom. The standard InChI is InChI=1S/C23H18BrN3O3S/c1-14-18(22(29)30)9-4-10-19(14)25-23-26(2)21(28)20(31-23)13-17-8-5-11-27(17)16-7-3-6-15(24)12-16/h3-13H,1-2H3,(H,29,30)/b20-13-,25-23?. The molecule has 2 aromatic carbocycles. The van der Waals surface area contributed by atoms with Gasteiger partial charge in [0.1, 0.15) is 0 Å². The summed E-state index contributed by atoms with van der Waals surface area (Å²) in [6, 6.07) is 16.7. The summed E-state index contributed by atoms with van der Waals surface area (Å²) >= 11 is 4.76. The first-order valence-corrected chi connectivity index (χ1v) is 11.0. The molecule has 1 amide bonds. The highest BCUT2D eigenvalue weighted by molar-refractivity contribution is 9.10. The number of carbonyl (C=O) groups is 2. The van der Waals surface area contributed by atoms with Crippen LogP contribution in [-0.4, -0.2) is 38.7 Å². The van der Waals surface area contributed by atoms with E-state index in [0.29, 0.717) is 21.3 Å². The number of aromatic nitrogens is 1. The van der Waals surface area contributed by atoms with E-state index in [9.17, 15) is 14.7 Å². The van der Waals surface area contributed by atoms with E-state index >= 15 is 0 Å². The van der Waals surface area contributed by atoms with Gasteiger partial charge in [-0.2, -0.15) is 0 Å². The van der Waals surface area contributed by atoms with Gasteiger partial charge < -0.3 is 9.67 Å². The fourth-order valence-corrected chi connectivity index (χ4v) is 4.59. The summed E-state index contributed by atoms with van der Waals surface area (Å²) in [7, 11) is 1.67. The van der Waals surface area contributed by atoms with Gasteiger partial charge in [0, 0.05) is 29.1 Å². The molecular weight excluding hydrogens is 478 g/mol. The number of rotatable bonds is 4. The van der Waals surface area contributed by atoms with Crippen molar-refractivity contribution in [3.8, 4) is 5.69 Å². The molecule has 2 heterocycles. The van der Waals surface area contributed by atoms with E-state index in [0.717, 1.165) is 15.9 Å². The molecule has 0 saturated carbocycles. The van der Waals surface area contributed by atoms with Crippen LogP contribution in [0.25, 0.3) is 11.8 Å². The lowest BCUT2D eigenvalue weighted by Gasteiger charge is -2.09. The average molecular weight is 496 g/mol. The van der Waals surface area contributed by atoms with Crippen LogP contribution in [0.4, 0.5) is 5.69 Å². The minimum Gasteiger partial charge on any atom is -0.478 e. The molecule has 1 aromatic heterocycles. The predicted octanol–water partition coefficient (Wildman–Crippen LogP) is 5.48. The van der Waals surface area contributed by atoms with E-state index < -0.39 is 5.97 Å². The first-order valence-electron chi connectivity index (χ1n) is 9.37. The van der Waals surface area contributed by atoms with Gasteiger partial charge in [0.2, 0.25) is 0 Å². The molecule has 4 rings (SSSR count). The summed E-state index contributed by atoms with van der Waals surface area (Å²) in [5.41, 5.74) is 3.13. The molecule has 1 aliphatic rings. The second-order valence-electron chi connectivity index (χ2n) is 6.91. The van der Waals surface area contributed by atoms with E-state index in [2.05, 4.69) is 20.9 Å². The average Bonchev–Trinajstić information content (AvgIpc) is 3.30. The minimum atomic E-state index is -1.00. The molecule has 0 atom stereocenters. The zero-order valence-corrected chi connectivity index (χ0v) is 19.1. The van der Waals surface area contributed by atoms with Gasteiger partial charge in [-0.25, -0.2) is 9.79 Å². The van der Waals surface area contributed by atoms with Gasteiger partial charge in [-0.05, 0) is 72.8 Å². The molecular formula is C23H18BrN3O3S. The number of carboxylic acid groups (broad SMARTS) is 1. The third kappa shape index (κ3) is 4.22. The van der Waals surface area contributed by atoms with Crippen LogP contribution in [0.2, 0.25) is 0 Å². The van der Waals surface area contributed by atoms with Crippen molar-refractivity contribution >= 4 is 56.5 Å². The molecule has 8 heteroatoms. The second kappa shape index (κ2) is 8.56. The zero-order chi connectivity index (χ0) is 22.1. The van der Waals surface area contributed by atoms with Crippen molar-refractivity contribution in [1.29, 1.82) is 0 Å². The monoisotopic (exact) mass is 495 g/mol. The Hall–Kier alpha value is -3.10. The maximum absolute atomic E-state index is 12.8. The van der Waals surface area contributed by atoms with E-state index in [1.807, 2.05) is 53.2 Å². The number of halogens is 1. The second-order valence-corrected chi connectivity index (χ2v) is 8.83. The number of thioether (sulfide) groups is 1. The third-order valence-electron chi connectivity index (χ3n) is 4.90. The smallest absolute Gasteiger partial charge is 0.336 e. The van der Waals surface area contributed by atoms with E-state index in [-0.39, 0.29) is 11.5 Å². The lowest BCUT2D eigenvalue weighted by Crippen LogP contribution is -2.23. The van der Waals surface area contributed by atoms with Crippen LogP contribution >= 0.6 is 27.7 Å². The highest BCUT2D eigenvalue weighted by Crippen LogP contribution is 2.34. The van der Waals surface area contributed by atoms with Gasteiger partial charge in [-0.1, -0.05) is 28.1 Å². The fraction of sp³-hybridized carbons (Fsp3) is 0.0870. The van der Waals surface area contributed by atoms with Crippen molar-refractivity contribution in [2.24, 2.45) is 4.99 Å². The molecule has 1 N–H and O–H groups in total. The third-order valence-corrected chi connectivity index (χ3v) is 6.45. The molecule has 0 aliphatic carbocycles. The van der Waals surface area contributed by atoms with E-state index in [1.54, 1.807) is 32.2 Å². The molecule has 156 valence electrons. The molecule has 3 aromatic rings. The van der Waals surface area contributed by atoms with Gasteiger partial charge in [-0.3, -0.25) is 9.69 Å². The summed E-state index contributed by atoms with van der Waals surface area (Å²) in [6.45, 7) is 1.71. The van der Waals surface area contributed by atoms with E-state index in [4.69, 9.17) is 0 Å². The number of aromatic carboxylic acids is 1. The van der Waals surface area contributed by atoms with Crippen LogP contribution in [0.3, 0.4) is 0 Å². The van der Waals surface area contributed by atoms with Crippen molar-refractivity contribution < 1.29 is 14.7 Å². The molecule has 1 aliphatic heterocycles. The Morgan fingerprint density at radius 1 is 1.16 bits per heavy atom. The summed E-state index contributed by atoms with van der Waals surface area (Å²) in [4.78, 5) is 30.8. The number of aliphatic imine (C=N–C) groups is 1. The summed E-state index contributed by atoms with van der Waals surface area (Å²) in [5, 5.41) is 9.84. The number of amides is 1. The van der Waals surface area contributed by atoms with Crippen LogP contribution in [0.5, 0.6) is 0 Å². The van der Waals surface area contributed by atoms with Gasteiger partial charge in [0.25, 0.3) is 5.91 Å². The number of amidine groups is 1. The van der Waals surface area contributed by atoms with Crippen molar-refractivity contribution in [2.75, 3.05) is 7.05 Å². The van der Waals surface area contributed by atoms with Crippen molar-refractivity contribution in [2.45, 2.75) is 6.92 Å². The molecule has 0 spiro atoms.